The standard InChI is InChI=1S/C15H22O/c1-11(10-16)5-4-8-15(3)12(2)13-6-7-14(15)9-13/h4-5,8,13-14,16H,2,6-7,9-10H2,1,3H3. The molecule has 2 bridgehead atoms. The van der Waals surface area contributed by atoms with E-state index in [1.807, 2.05) is 13.0 Å². The molecule has 2 fully saturated rings. The third-order valence-corrected chi connectivity index (χ3v) is 4.54. The topological polar surface area (TPSA) is 20.2 Å². The SMILES string of the molecule is C=C1C2CCC(C2)C1(C)C=CC=C(C)CO. The Balaban J connectivity index is 2.12. The molecule has 0 aromatic heterocycles. The molecule has 0 aromatic rings. The van der Waals surface area contributed by atoms with Crippen molar-refractivity contribution in [3.05, 3.63) is 36.0 Å². The molecule has 0 spiro atoms. The van der Waals surface area contributed by atoms with Crippen LogP contribution >= 0.6 is 0 Å². The Morgan fingerprint density at radius 2 is 2.31 bits per heavy atom. The molecule has 1 heteroatoms. The first-order valence-electron chi connectivity index (χ1n) is 6.23. The fourth-order valence-corrected chi connectivity index (χ4v) is 3.25. The third-order valence-electron chi connectivity index (χ3n) is 4.54. The van der Waals surface area contributed by atoms with E-state index in [-0.39, 0.29) is 12.0 Å². The van der Waals surface area contributed by atoms with Crippen LogP contribution in [0, 0.1) is 17.3 Å². The summed E-state index contributed by atoms with van der Waals surface area (Å²) in [5.41, 5.74) is 2.64. The Bertz CT molecular complexity index is 350. The predicted molar refractivity (Wildman–Crippen MR) is 68.1 cm³/mol. The van der Waals surface area contributed by atoms with Gasteiger partial charge in [0, 0.05) is 5.41 Å². The van der Waals surface area contributed by atoms with Gasteiger partial charge < -0.3 is 5.11 Å². The average Bonchev–Trinajstić information content (AvgIpc) is 2.83. The Morgan fingerprint density at radius 3 is 2.88 bits per heavy atom. The molecular weight excluding hydrogens is 196 g/mol. The van der Waals surface area contributed by atoms with Crippen LogP contribution in [0.3, 0.4) is 0 Å². The van der Waals surface area contributed by atoms with Crippen molar-refractivity contribution < 1.29 is 5.11 Å². The van der Waals surface area contributed by atoms with E-state index in [2.05, 4.69) is 25.7 Å². The molecule has 2 aliphatic carbocycles. The average molecular weight is 218 g/mol. The van der Waals surface area contributed by atoms with E-state index in [9.17, 15) is 0 Å². The Morgan fingerprint density at radius 1 is 1.56 bits per heavy atom. The normalized spacial score (nSPS) is 38.9. The summed E-state index contributed by atoms with van der Waals surface area (Å²) < 4.78 is 0. The highest BCUT2D eigenvalue weighted by Crippen LogP contribution is 2.59. The number of fused-ring (bicyclic) bond motifs is 2. The second-order valence-electron chi connectivity index (χ2n) is 5.55. The summed E-state index contributed by atoms with van der Waals surface area (Å²) >= 11 is 0. The molecule has 1 N–H and O–H groups in total. The first-order valence-corrected chi connectivity index (χ1v) is 6.23. The maximum atomic E-state index is 8.93. The van der Waals surface area contributed by atoms with Crippen LogP contribution in [0.25, 0.3) is 0 Å². The number of aliphatic hydroxyl groups excluding tert-OH is 1. The van der Waals surface area contributed by atoms with Gasteiger partial charge in [-0.15, -0.1) is 0 Å². The molecule has 0 heterocycles. The fraction of sp³-hybridized carbons (Fsp3) is 0.600. The lowest BCUT2D eigenvalue weighted by atomic mass is 9.71. The number of rotatable bonds is 3. The number of allylic oxidation sites excluding steroid dienone is 4. The summed E-state index contributed by atoms with van der Waals surface area (Å²) in [4.78, 5) is 0. The monoisotopic (exact) mass is 218 g/mol. The predicted octanol–water partition coefficient (Wildman–Crippen LogP) is 3.47. The van der Waals surface area contributed by atoms with Gasteiger partial charge >= 0.3 is 0 Å². The number of aliphatic hydroxyl groups is 1. The van der Waals surface area contributed by atoms with Crippen molar-refractivity contribution in [1.29, 1.82) is 0 Å². The van der Waals surface area contributed by atoms with Crippen LogP contribution in [0.5, 0.6) is 0 Å². The summed E-state index contributed by atoms with van der Waals surface area (Å²) in [7, 11) is 0. The molecule has 2 aliphatic rings. The molecule has 2 saturated carbocycles. The van der Waals surface area contributed by atoms with Gasteiger partial charge in [0.2, 0.25) is 0 Å². The maximum absolute atomic E-state index is 8.93. The molecule has 3 atom stereocenters. The molecule has 1 nitrogen and oxygen atoms in total. The smallest absolute Gasteiger partial charge is 0.0642 e. The largest absolute Gasteiger partial charge is 0.392 e. The Kier molecular flexibility index (Phi) is 3.07. The van der Waals surface area contributed by atoms with Crippen LogP contribution in [0.4, 0.5) is 0 Å². The minimum atomic E-state index is 0.147. The summed E-state index contributed by atoms with van der Waals surface area (Å²) in [6.45, 7) is 8.70. The van der Waals surface area contributed by atoms with Gasteiger partial charge in [-0.25, -0.2) is 0 Å². The Hall–Kier alpha value is -0.820. The second kappa shape index (κ2) is 4.21. The van der Waals surface area contributed by atoms with E-state index in [0.717, 1.165) is 17.4 Å². The van der Waals surface area contributed by atoms with Crippen LogP contribution in [0.1, 0.15) is 33.1 Å². The quantitative estimate of drug-likeness (QED) is 0.568. The molecule has 0 aromatic carbocycles. The van der Waals surface area contributed by atoms with E-state index in [1.54, 1.807) is 0 Å². The molecular formula is C15H22O. The van der Waals surface area contributed by atoms with E-state index < -0.39 is 0 Å². The minimum Gasteiger partial charge on any atom is -0.392 e. The summed E-state index contributed by atoms with van der Waals surface area (Å²) in [6, 6.07) is 0. The van der Waals surface area contributed by atoms with Gasteiger partial charge in [0.1, 0.15) is 0 Å². The van der Waals surface area contributed by atoms with Gasteiger partial charge in [-0.05, 0) is 43.6 Å². The van der Waals surface area contributed by atoms with Crippen molar-refractivity contribution >= 4 is 0 Å². The zero-order valence-electron chi connectivity index (χ0n) is 10.4. The van der Waals surface area contributed by atoms with Gasteiger partial charge in [-0.2, -0.15) is 0 Å². The van der Waals surface area contributed by atoms with E-state index in [0.29, 0.717) is 0 Å². The van der Waals surface area contributed by atoms with E-state index >= 15 is 0 Å². The van der Waals surface area contributed by atoms with Gasteiger partial charge in [0.05, 0.1) is 6.61 Å². The second-order valence-corrected chi connectivity index (χ2v) is 5.55. The third kappa shape index (κ3) is 1.78. The zero-order chi connectivity index (χ0) is 11.8. The highest BCUT2D eigenvalue weighted by molar-refractivity contribution is 5.31. The molecule has 0 aliphatic heterocycles. The lowest BCUT2D eigenvalue weighted by molar-refractivity contribution is 0.330. The number of hydrogen-bond donors (Lipinski definition) is 1. The van der Waals surface area contributed by atoms with Crippen LogP contribution in [-0.4, -0.2) is 11.7 Å². The van der Waals surface area contributed by atoms with Crippen LogP contribution in [0.15, 0.2) is 36.0 Å². The number of hydrogen-bond acceptors (Lipinski definition) is 1. The van der Waals surface area contributed by atoms with Crippen molar-refractivity contribution in [2.45, 2.75) is 33.1 Å². The van der Waals surface area contributed by atoms with E-state index in [1.165, 1.54) is 24.8 Å². The molecule has 3 unspecified atom stereocenters. The maximum Gasteiger partial charge on any atom is 0.0642 e. The zero-order valence-corrected chi connectivity index (χ0v) is 10.4. The summed E-state index contributed by atoms with van der Waals surface area (Å²) in [5.74, 6) is 1.56. The molecule has 88 valence electrons. The van der Waals surface area contributed by atoms with E-state index in [4.69, 9.17) is 5.11 Å². The molecule has 0 amide bonds. The van der Waals surface area contributed by atoms with Gasteiger partial charge in [0.15, 0.2) is 0 Å². The fourth-order valence-electron chi connectivity index (χ4n) is 3.25. The van der Waals surface area contributed by atoms with Crippen molar-refractivity contribution in [3.63, 3.8) is 0 Å². The van der Waals surface area contributed by atoms with Gasteiger partial charge in [0.25, 0.3) is 0 Å². The highest BCUT2D eigenvalue weighted by Gasteiger charge is 2.49. The first kappa shape index (κ1) is 11.7. The Labute approximate surface area is 98.6 Å². The van der Waals surface area contributed by atoms with Crippen molar-refractivity contribution in [3.8, 4) is 0 Å². The molecule has 0 saturated heterocycles. The van der Waals surface area contributed by atoms with Crippen LogP contribution in [0.2, 0.25) is 0 Å². The lowest BCUT2D eigenvalue weighted by Gasteiger charge is -2.33. The molecule has 16 heavy (non-hydrogen) atoms. The first-order chi connectivity index (χ1) is 7.58. The van der Waals surface area contributed by atoms with Gasteiger partial charge in [-0.1, -0.05) is 37.3 Å². The summed E-state index contributed by atoms with van der Waals surface area (Å²) in [6.07, 6.45) is 10.4. The van der Waals surface area contributed by atoms with Crippen molar-refractivity contribution in [2.24, 2.45) is 17.3 Å². The summed E-state index contributed by atoms with van der Waals surface area (Å²) in [5, 5.41) is 8.93. The lowest BCUT2D eigenvalue weighted by Crippen LogP contribution is -2.23. The van der Waals surface area contributed by atoms with Gasteiger partial charge in [-0.3, -0.25) is 0 Å². The minimum absolute atomic E-state index is 0.147. The highest BCUT2D eigenvalue weighted by atomic mass is 16.3. The van der Waals surface area contributed by atoms with Crippen LogP contribution in [-0.2, 0) is 0 Å². The van der Waals surface area contributed by atoms with Crippen LogP contribution < -0.4 is 0 Å². The molecule has 2 rings (SSSR count). The van der Waals surface area contributed by atoms with Crippen molar-refractivity contribution in [2.75, 3.05) is 6.61 Å². The van der Waals surface area contributed by atoms with Crippen molar-refractivity contribution in [1.82, 2.24) is 0 Å². The molecule has 0 radical (unpaired) electrons.